The number of carbonyl (C=O) groups excluding carboxylic acids is 1. The quantitative estimate of drug-likeness (QED) is 0.440. The number of benzene rings is 2. The van der Waals surface area contributed by atoms with Gasteiger partial charge in [-0.1, -0.05) is 30.3 Å². The lowest BCUT2D eigenvalue weighted by molar-refractivity contribution is 0.0724. The Morgan fingerprint density at radius 2 is 1.78 bits per heavy atom. The average molecular weight is 433 g/mol. The second-order valence-electron chi connectivity index (χ2n) is 8.24. The zero-order valence-electron chi connectivity index (χ0n) is 19.0. The van der Waals surface area contributed by atoms with E-state index in [1.807, 2.05) is 54.3 Å². The van der Waals surface area contributed by atoms with Crippen LogP contribution in [0.2, 0.25) is 0 Å². The number of nitrogens with zero attached hydrogens (tertiary/aromatic N) is 2. The Morgan fingerprint density at radius 1 is 1.03 bits per heavy atom. The second-order valence-corrected chi connectivity index (χ2v) is 8.24. The number of furan rings is 1. The molecule has 1 aliphatic rings. The third kappa shape index (κ3) is 5.13. The molecule has 0 spiro atoms. The first-order valence-corrected chi connectivity index (χ1v) is 11.5. The molecule has 4 rings (SSSR count). The van der Waals surface area contributed by atoms with Crippen LogP contribution < -0.4 is 10.6 Å². The lowest BCUT2D eigenvalue weighted by atomic mass is 10.1. The zero-order valence-corrected chi connectivity index (χ0v) is 19.0. The largest absolute Gasteiger partial charge is 0.459 e. The molecule has 2 aromatic carbocycles. The summed E-state index contributed by atoms with van der Waals surface area (Å²) in [5.41, 5.74) is 3.88. The number of hydrogen-bond acceptors (Lipinski definition) is 3. The average Bonchev–Trinajstić information content (AvgIpc) is 3.17. The van der Waals surface area contributed by atoms with Crippen molar-refractivity contribution >= 4 is 22.8 Å². The Labute approximate surface area is 189 Å². The minimum atomic E-state index is 0.135. The monoisotopic (exact) mass is 432 g/mol. The topological polar surface area (TPSA) is 69.9 Å². The first-order valence-electron chi connectivity index (χ1n) is 11.5. The number of nitrogens with one attached hydrogen (secondary N) is 2. The highest BCUT2D eigenvalue weighted by atomic mass is 16.3. The standard InChI is InChI=1S/C26H32N4O2/c1-3-27-26(29-18-24-19(2)22-9-5-6-10-23(22)32-24)28-17-20-11-13-21(14-12-20)25(31)30-15-7-4-8-16-30/h5-6,9-14H,3-4,7-8,15-18H2,1-2H3,(H2,27,28,29). The second kappa shape index (κ2) is 10.4. The van der Waals surface area contributed by atoms with Crippen LogP contribution in [-0.2, 0) is 13.1 Å². The first-order chi connectivity index (χ1) is 15.7. The van der Waals surface area contributed by atoms with Crippen LogP contribution in [0.1, 0.15) is 53.4 Å². The predicted octanol–water partition coefficient (Wildman–Crippen LogP) is 4.62. The number of likely N-dealkylation sites (tertiary alicyclic amines) is 1. The van der Waals surface area contributed by atoms with Gasteiger partial charge in [0.1, 0.15) is 11.3 Å². The van der Waals surface area contributed by atoms with Gasteiger partial charge in [0.25, 0.3) is 5.91 Å². The van der Waals surface area contributed by atoms with E-state index >= 15 is 0 Å². The van der Waals surface area contributed by atoms with E-state index in [2.05, 4.69) is 23.6 Å². The van der Waals surface area contributed by atoms with Crippen molar-refractivity contribution < 1.29 is 9.21 Å². The van der Waals surface area contributed by atoms with E-state index in [1.165, 1.54) is 6.42 Å². The number of carbonyl (C=O) groups is 1. The highest BCUT2D eigenvalue weighted by molar-refractivity contribution is 5.94. The van der Waals surface area contributed by atoms with Crippen molar-refractivity contribution in [3.05, 3.63) is 71.0 Å². The van der Waals surface area contributed by atoms with Gasteiger partial charge in [0.2, 0.25) is 0 Å². The molecule has 1 aliphatic heterocycles. The third-order valence-electron chi connectivity index (χ3n) is 5.97. The van der Waals surface area contributed by atoms with Gasteiger partial charge >= 0.3 is 0 Å². The number of hydrogen-bond donors (Lipinski definition) is 2. The summed E-state index contributed by atoms with van der Waals surface area (Å²) in [7, 11) is 0. The summed E-state index contributed by atoms with van der Waals surface area (Å²) >= 11 is 0. The van der Waals surface area contributed by atoms with E-state index in [9.17, 15) is 4.79 Å². The summed E-state index contributed by atoms with van der Waals surface area (Å²) in [4.78, 5) is 19.3. The third-order valence-corrected chi connectivity index (χ3v) is 5.97. The summed E-state index contributed by atoms with van der Waals surface area (Å²) in [5.74, 6) is 1.79. The van der Waals surface area contributed by atoms with Crippen LogP contribution in [0.3, 0.4) is 0 Å². The molecule has 0 radical (unpaired) electrons. The van der Waals surface area contributed by atoms with Crippen molar-refractivity contribution in [3.8, 4) is 0 Å². The van der Waals surface area contributed by atoms with Crippen molar-refractivity contribution in [2.45, 2.75) is 46.2 Å². The van der Waals surface area contributed by atoms with Crippen LogP contribution in [0.15, 0.2) is 57.9 Å². The highest BCUT2D eigenvalue weighted by Gasteiger charge is 2.17. The lowest BCUT2D eigenvalue weighted by Crippen LogP contribution is -2.36. The van der Waals surface area contributed by atoms with E-state index < -0.39 is 0 Å². The van der Waals surface area contributed by atoms with Gasteiger partial charge in [0, 0.05) is 36.1 Å². The van der Waals surface area contributed by atoms with Crippen molar-refractivity contribution in [1.82, 2.24) is 15.5 Å². The van der Waals surface area contributed by atoms with Gasteiger partial charge in [0.15, 0.2) is 5.96 Å². The molecule has 1 amide bonds. The maximum Gasteiger partial charge on any atom is 0.253 e. The van der Waals surface area contributed by atoms with Crippen LogP contribution >= 0.6 is 0 Å². The normalized spacial score (nSPS) is 14.6. The Bertz CT molecular complexity index is 1080. The summed E-state index contributed by atoms with van der Waals surface area (Å²) in [5, 5.41) is 7.80. The van der Waals surface area contributed by atoms with E-state index in [1.54, 1.807) is 0 Å². The zero-order chi connectivity index (χ0) is 22.3. The Balaban J connectivity index is 1.38. The number of guanidine groups is 1. The van der Waals surface area contributed by atoms with E-state index in [4.69, 9.17) is 9.41 Å². The lowest BCUT2D eigenvalue weighted by Gasteiger charge is -2.26. The maximum atomic E-state index is 12.6. The van der Waals surface area contributed by atoms with E-state index in [0.29, 0.717) is 13.1 Å². The van der Waals surface area contributed by atoms with Gasteiger partial charge in [0.05, 0.1) is 13.1 Å². The fourth-order valence-electron chi connectivity index (χ4n) is 4.10. The number of rotatable bonds is 6. The van der Waals surface area contributed by atoms with Gasteiger partial charge in [-0.15, -0.1) is 0 Å². The molecule has 2 N–H and O–H groups in total. The summed E-state index contributed by atoms with van der Waals surface area (Å²) < 4.78 is 5.99. The molecular weight excluding hydrogens is 400 g/mol. The number of para-hydroxylation sites is 1. The van der Waals surface area contributed by atoms with E-state index in [0.717, 1.165) is 71.9 Å². The number of piperidine rings is 1. The number of aliphatic imine (C=N–C) groups is 1. The molecule has 1 aromatic heterocycles. The van der Waals surface area contributed by atoms with Crippen LogP contribution in [0.25, 0.3) is 11.0 Å². The molecule has 168 valence electrons. The molecule has 0 atom stereocenters. The van der Waals surface area contributed by atoms with Gasteiger partial charge in [-0.2, -0.15) is 0 Å². The molecule has 1 saturated heterocycles. The molecule has 6 nitrogen and oxygen atoms in total. The summed E-state index contributed by atoms with van der Waals surface area (Å²) in [6, 6.07) is 15.9. The molecule has 0 aliphatic carbocycles. The van der Waals surface area contributed by atoms with Crippen molar-refractivity contribution in [2.75, 3.05) is 19.6 Å². The fraction of sp³-hybridized carbons (Fsp3) is 0.385. The first kappa shape index (κ1) is 21.9. The summed E-state index contributed by atoms with van der Waals surface area (Å²) in [6.07, 6.45) is 3.43. The van der Waals surface area contributed by atoms with Gasteiger partial charge in [-0.25, -0.2) is 4.99 Å². The van der Waals surface area contributed by atoms with Crippen LogP contribution in [-0.4, -0.2) is 36.4 Å². The molecule has 0 saturated carbocycles. The molecule has 0 unspecified atom stereocenters. The van der Waals surface area contributed by atoms with Gasteiger partial charge in [-0.3, -0.25) is 4.79 Å². The van der Waals surface area contributed by atoms with Crippen molar-refractivity contribution in [1.29, 1.82) is 0 Å². The number of amides is 1. The predicted molar refractivity (Wildman–Crippen MR) is 129 cm³/mol. The molecule has 1 fully saturated rings. The van der Waals surface area contributed by atoms with Gasteiger partial charge < -0.3 is 20.0 Å². The minimum Gasteiger partial charge on any atom is -0.459 e. The highest BCUT2D eigenvalue weighted by Crippen LogP contribution is 2.24. The summed E-state index contributed by atoms with van der Waals surface area (Å²) in [6.45, 7) is 7.74. The fourth-order valence-corrected chi connectivity index (χ4v) is 4.10. The number of aryl methyl sites for hydroxylation is 1. The molecule has 3 aromatic rings. The Hall–Kier alpha value is -3.28. The SMILES string of the molecule is CCNC(=NCc1ccc(C(=O)N2CCCCC2)cc1)NCc1oc2ccccc2c1C. The van der Waals surface area contributed by atoms with E-state index in [-0.39, 0.29) is 5.91 Å². The van der Waals surface area contributed by atoms with Crippen LogP contribution in [0.5, 0.6) is 0 Å². The maximum absolute atomic E-state index is 12.6. The minimum absolute atomic E-state index is 0.135. The molecular formula is C26H32N4O2. The molecule has 6 heteroatoms. The number of fused-ring (bicyclic) bond motifs is 1. The van der Waals surface area contributed by atoms with Crippen molar-refractivity contribution in [3.63, 3.8) is 0 Å². The Kier molecular flexibility index (Phi) is 7.10. The van der Waals surface area contributed by atoms with Crippen LogP contribution in [0, 0.1) is 6.92 Å². The molecule has 2 heterocycles. The van der Waals surface area contributed by atoms with Gasteiger partial charge in [-0.05, 0) is 56.9 Å². The Morgan fingerprint density at radius 3 is 2.50 bits per heavy atom. The smallest absolute Gasteiger partial charge is 0.253 e. The van der Waals surface area contributed by atoms with Crippen molar-refractivity contribution in [2.24, 2.45) is 4.99 Å². The molecule has 0 bridgehead atoms. The molecule has 32 heavy (non-hydrogen) atoms. The van der Waals surface area contributed by atoms with Crippen LogP contribution in [0.4, 0.5) is 0 Å².